The molecule has 0 fully saturated rings. The van der Waals surface area contributed by atoms with Crippen LogP contribution in [0.3, 0.4) is 0 Å². The minimum atomic E-state index is -0.964. The summed E-state index contributed by atoms with van der Waals surface area (Å²) in [6.07, 6.45) is 0. The van der Waals surface area contributed by atoms with Gasteiger partial charge < -0.3 is 10.0 Å². The third kappa shape index (κ3) is 2.64. The highest BCUT2D eigenvalue weighted by Crippen LogP contribution is 2.26. The Hall–Kier alpha value is -2.36. The number of benzene rings is 1. The van der Waals surface area contributed by atoms with E-state index in [1.54, 1.807) is 31.1 Å². The summed E-state index contributed by atoms with van der Waals surface area (Å²) in [5, 5.41) is 9.20. The molecule has 1 heterocycles. The molecule has 0 aliphatic rings. The summed E-state index contributed by atoms with van der Waals surface area (Å²) in [6, 6.07) is 9.52. The van der Waals surface area contributed by atoms with Crippen molar-refractivity contribution in [3.8, 4) is 11.3 Å². The van der Waals surface area contributed by atoms with E-state index in [1.807, 2.05) is 26.0 Å². The highest BCUT2D eigenvalue weighted by Gasteiger charge is 2.15. The summed E-state index contributed by atoms with van der Waals surface area (Å²) in [5.41, 5.74) is 4.35. The van der Waals surface area contributed by atoms with Gasteiger partial charge in [-0.05, 0) is 31.5 Å². The first-order valence-electron chi connectivity index (χ1n) is 6.39. The lowest BCUT2D eigenvalue weighted by Crippen LogP contribution is -2.16. The SMILES string of the molecule is Cc1ccc(-c2ccc(C(=O)O)c(N(C)C)n2)c(C)c1. The van der Waals surface area contributed by atoms with Crippen molar-refractivity contribution in [1.82, 2.24) is 4.98 Å². The van der Waals surface area contributed by atoms with Gasteiger partial charge in [-0.25, -0.2) is 9.78 Å². The van der Waals surface area contributed by atoms with Crippen LogP contribution in [0.4, 0.5) is 5.82 Å². The lowest BCUT2D eigenvalue weighted by Gasteiger charge is -2.16. The van der Waals surface area contributed by atoms with E-state index < -0.39 is 5.97 Å². The second-order valence-electron chi connectivity index (χ2n) is 5.09. The third-order valence-corrected chi connectivity index (χ3v) is 3.19. The summed E-state index contributed by atoms with van der Waals surface area (Å²) in [4.78, 5) is 17.4. The molecule has 0 spiro atoms. The van der Waals surface area contributed by atoms with Crippen LogP contribution >= 0.6 is 0 Å². The summed E-state index contributed by atoms with van der Waals surface area (Å²) in [7, 11) is 3.58. The molecule has 0 aliphatic heterocycles. The van der Waals surface area contributed by atoms with E-state index >= 15 is 0 Å². The molecule has 0 saturated carbocycles. The first-order chi connectivity index (χ1) is 9.40. The van der Waals surface area contributed by atoms with Crippen LogP contribution in [-0.2, 0) is 0 Å². The first-order valence-corrected chi connectivity index (χ1v) is 6.39. The monoisotopic (exact) mass is 270 g/mol. The predicted octanol–water partition coefficient (Wildman–Crippen LogP) is 3.13. The molecule has 0 atom stereocenters. The second-order valence-corrected chi connectivity index (χ2v) is 5.09. The Labute approximate surface area is 118 Å². The molecule has 2 aromatic rings. The molecule has 0 amide bonds. The summed E-state index contributed by atoms with van der Waals surface area (Å²) >= 11 is 0. The van der Waals surface area contributed by atoms with Gasteiger partial charge in [0.2, 0.25) is 0 Å². The Kier molecular flexibility index (Phi) is 3.74. The number of carboxylic acids is 1. The quantitative estimate of drug-likeness (QED) is 0.931. The molecule has 4 nitrogen and oxygen atoms in total. The van der Waals surface area contributed by atoms with Crippen LogP contribution in [0.2, 0.25) is 0 Å². The number of rotatable bonds is 3. The van der Waals surface area contributed by atoms with Crippen molar-refractivity contribution in [3.05, 3.63) is 47.0 Å². The van der Waals surface area contributed by atoms with Crippen molar-refractivity contribution in [2.45, 2.75) is 13.8 Å². The van der Waals surface area contributed by atoms with Crippen LogP contribution in [0.5, 0.6) is 0 Å². The van der Waals surface area contributed by atoms with E-state index in [0.29, 0.717) is 5.82 Å². The largest absolute Gasteiger partial charge is 0.478 e. The molecule has 20 heavy (non-hydrogen) atoms. The van der Waals surface area contributed by atoms with Crippen LogP contribution in [0, 0.1) is 13.8 Å². The Bertz CT molecular complexity index is 664. The van der Waals surface area contributed by atoms with E-state index in [1.165, 1.54) is 5.56 Å². The molecule has 1 N–H and O–H groups in total. The lowest BCUT2D eigenvalue weighted by atomic mass is 10.0. The second kappa shape index (κ2) is 5.33. The zero-order valence-electron chi connectivity index (χ0n) is 12.1. The molecule has 104 valence electrons. The van der Waals surface area contributed by atoms with Gasteiger partial charge in [0.1, 0.15) is 11.4 Å². The van der Waals surface area contributed by atoms with Crippen LogP contribution in [0.15, 0.2) is 30.3 Å². The van der Waals surface area contributed by atoms with Gasteiger partial charge in [0, 0.05) is 19.7 Å². The van der Waals surface area contributed by atoms with Crippen molar-refractivity contribution >= 4 is 11.8 Å². The minimum Gasteiger partial charge on any atom is -0.478 e. The van der Waals surface area contributed by atoms with Gasteiger partial charge in [0.05, 0.1) is 5.69 Å². The van der Waals surface area contributed by atoms with E-state index in [-0.39, 0.29) is 5.56 Å². The average Bonchev–Trinajstić information content (AvgIpc) is 2.37. The number of nitrogens with zero attached hydrogens (tertiary/aromatic N) is 2. The van der Waals surface area contributed by atoms with Gasteiger partial charge in [-0.15, -0.1) is 0 Å². The van der Waals surface area contributed by atoms with Crippen molar-refractivity contribution < 1.29 is 9.90 Å². The molecule has 0 bridgehead atoms. The van der Waals surface area contributed by atoms with E-state index in [9.17, 15) is 9.90 Å². The lowest BCUT2D eigenvalue weighted by molar-refractivity contribution is 0.0697. The van der Waals surface area contributed by atoms with E-state index in [4.69, 9.17) is 0 Å². The fourth-order valence-electron chi connectivity index (χ4n) is 2.21. The maximum absolute atomic E-state index is 11.2. The number of carbonyl (C=O) groups is 1. The fraction of sp³-hybridized carbons (Fsp3) is 0.250. The highest BCUT2D eigenvalue weighted by atomic mass is 16.4. The van der Waals surface area contributed by atoms with Crippen molar-refractivity contribution in [3.63, 3.8) is 0 Å². The van der Waals surface area contributed by atoms with Crippen molar-refractivity contribution in [1.29, 1.82) is 0 Å². The molecule has 1 aromatic heterocycles. The van der Waals surface area contributed by atoms with Crippen LogP contribution in [0.1, 0.15) is 21.5 Å². The maximum atomic E-state index is 11.2. The smallest absolute Gasteiger partial charge is 0.339 e. The Morgan fingerprint density at radius 3 is 2.40 bits per heavy atom. The number of pyridine rings is 1. The molecule has 0 saturated heterocycles. The summed E-state index contributed by atoms with van der Waals surface area (Å²) in [5.74, 6) is -0.497. The molecular formula is C16H18N2O2. The molecule has 2 rings (SSSR count). The zero-order valence-corrected chi connectivity index (χ0v) is 12.1. The normalized spacial score (nSPS) is 10.4. The number of anilines is 1. The summed E-state index contributed by atoms with van der Waals surface area (Å²) < 4.78 is 0. The van der Waals surface area contributed by atoms with Crippen LogP contribution < -0.4 is 4.90 Å². The number of aryl methyl sites for hydroxylation is 2. The molecular weight excluding hydrogens is 252 g/mol. The highest BCUT2D eigenvalue weighted by molar-refractivity contribution is 5.94. The number of aromatic nitrogens is 1. The van der Waals surface area contributed by atoms with Gasteiger partial charge in [-0.1, -0.05) is 23.8 Å². The molecule has 0 unspecified atom stereocenters. The van der Waals surface area contributed by atoms with E-state index in [0.717, 1.165) is 16.8 Å². The van der Waals surface area contributed by atoms with Gasteiger partial charge in [0.25, 0.3) is 0 Å². The van der Waals surface area contributed by atoms with Gasteiger partial charge in [-0.2, -0.15) is 0 Å². The fourth-order valence-corrected chi connectivity index (χ4v) is 2.21. The topological polar surface area (TPSA) is 53.4 Å². The Morgan fingerprint density at radius 1 is 1.15 bits per heavy atom. The van der Waals surface area contributed by atoms with Gasteiger partial charge >= 0.3 is 5.97 Å². The molecule has 1 aromatic carbocycles. The number of aromatic carboxylic acids is 1. The standard InChI is InChI=1S/C16H18N2O2/c1-10-5-6-12(11(2)9-10)14-8-7-13(16(19)20)15(17-14)18(3)4/h5-9H,1-4H3,(H,19,20). The Morgan fingerprint density at radius 2 is 1.85 bits per heavy atom. The molecule has 0 aliphatic carbocycles. The van der Waals surface area contributed by atoms with E-state index in [2.05, 4.69) is 11.1 Å². The number of hydrogen-bond acceptors (Lipinski definition) is 3. The average molecular weight is 270 g/mol. The van der Waals surface area contributed by atoms with Gasteiger partial charge in [-0.3, -0.25) is 0 Å². The third-order valence-electron chi connectivity index (χ3n) is 3.19. The Balaban J connectivity index is 2.59. The maximum Gasteiger partial charge on any atom is 0.339 e. The molecule has 0 radical (unpaired) electrons. The number of carboxylic acid groups (broad SMARTS) is 1. The summed E-state index contributed by atoms with van der Waals surface area (Å²) in [6.45, 7) is 4.08. The van der Waals surface area contributed by atoms with Gasteiger partial charge in [0.15, 0.2) is 0 Å². The minimum absolute atomic E-state index is 0.212. The predicted molar refractivity (Wildman–Crippen MR) is 80.4 cm³/mol. The van der Waals surface area contributed by atoms with Crippen LogP contribution in [0.25, 0.3) is 11.3 Å². The number of hydrogen-bond donors (Lipinski definition) is 1. The zero-order chi connectivity index (χ0) is 14.9. The molecule has 4 heteroatoms. The van der Waals surface area contributed by atoms with Crippen molar-refractivity contribution in [2.75, 3.05) is 19.0 Å². The van der Waals surface area contributed by atoms with Crippen LogP contribution in [-0.4, -0.2) is 30.2 Å². The van der Waals surface area contributed by atoms with Crippen molar-refractivity contribution in [2.24, 2.45) is 0 Å². The first kappa shape index (κ1) is 14.1.